The minimum atomic E-state index is 0.589. The number of hydrogen-bond donors (Lipinski definition) is 0. The maximum Gasteiger partial charge on any atom is 0.0495 e. The summed E-state index contributed by atoms with van der Waals surface area (Å²) in [6.45, 7) is 10.7. The summed E-state index contributed by atoms with van der Waals surface area (Å²) >= 11 is 0. The third-order valence-electron chi connectivity index (χ3n) is 5.04. The van der Waals surface area contributed by atoms with Crippen molar-refractivity contribution in [2.75, 3.05) is 0 Å². The summed E-state index contributed by atoms with van der Waals surface area (Å²) in [6.07, 6.45) is 10.5. The van der Waals surface area contributed by atoms with Gasteiger partial charge in [0.2, 0.25) is 0 Å². The van der Waals surface area contributed by atoms with Gasteiger partial charge >= 0.3 is 0 Å². The molecule has 1 nitrogen and oxygen atoms in total. The number of rotatable bonds is 2. The lowest BCUT2D eigenvalue weighted by atomic mass is 9.92. The standard InChI is InChI=1S/C21H21N/c1-14(2)21-19-10-6-8-17(19)13-20(21)22-12-11-16-7-4-5-9-18(16)15(22)3/h4-5,7,9,11-13,19H,1,3,6,8,10H2,2H3. The molecular weight excluding hydrogens is 266 g/mol. The number of allylic oxidation sites excluding steroid dienone is 4. The van der Waals surface area contributed by atoms with Gasteiger partial charge in [-0.3, -0.25) is 0 Å². The summed E-state index contributed by atoms with van der Waals surface area (Å²) < 4.78 is 0. The zero-order chi connectivity index (χ0) is 15.3. The van der Waals surface area contributed by atoms with E-state index in [-0.39, 0.29) is 0 Å². The topological polar surface area (TPSA) is 3.24 Å². The fourth-order valence-corrected chi connectivity index (χ4v) is 4.03. The summed E-state index contributed by atoms with van der Waals surface area (Å²) in [7, 11) is 0. The van der Waals surface area contributed by atoms with Crippen LogP contribution in [0.3, 0.4) is 0 Å². The van der Waals surface area contributed by atoms with E-state index in [1.165, 1.54) is 47.2 Å². The second-order valence-corrected chi connectivity index (χ2v) is 6.46. The van der Waals surface area contributed by atoms with Gasteiger partial charge < -0.3 is 4.90 Å². The molecule has 1 aromatic rings. The molecule has 1 saturated carbocycles. The first kappa shape index (κ1) is 13.4. The third-order valence-corrected chi connectivity index (χ3v) is 5.04. The van der Waals surface area contributed by atoms with Crippen LogP contribution in [0.4, 0.5) is 0 Å². The molecule has 1 unspecified atom stereocenters. The minimum absolute atomic E-state index is 0.589. The van der Waals surface area contributed by atoms with E-state index in [0.29, 0.717) is 5.92 Å². The zero-order valence-electron chi connectivity index (χ0n) is 13.1. The van der Waals surface area contributed by atoms with E-state index in [4.69, 9.17) is 0 Å². The van der Waals surface area contributed by atoms with Gasteiger partial charge in [0.05, 0.1) is 0 Å². The van der Waals surface area contributed by atoms with E-state index in [0.717, 1.165) is 5.70 Å². The normalized spacial score (nSPS) is 22.8. The van der Waals surface area contributed by atoms with Crippen molar-refractivity contribution in [3.05, 3.63) is 83.2 Å². The molecule has 0 N–H and O–H groups in total. The van der Waals surface area contributed by atoms with Crippen molar-refractivity contribution in [2.24, 2.45) is 5.92 Å². The van der Waals surface area contributed by atoms with E-state index in [9.17, 15) is 0 Å². The molecule has 1 aliphatic heterocycles. The van der Waals surface area contributed by atoms with Gasteiger partial charge in [-0.05, 0) is 49.5 Å². The quantitative estimate of drug-likeness (QED) is 0.693. The fourth-order valence-electron chi connectivity index (χ4n) is 4.03. The highest BCUT2D eigenvalue weighted by Gasteiger charge is 2.34. The highest BCUT2D eigenvalue weighted by atomic mass is 15.1. The molecule has 0 radical (unpaired) electrons. The molecule has 0 saturated heterocycles. The van der Waals surface area contributed by atoms with Crippen LogP contribution < -0.4 is 0 Å². The van der Waals surface area contributed by atoms with E-state index in [1.807, 2.05) is 0 Å². The first-order valence-electron chi connectivity index (χ1n) is 8.03. The Kier molecular flexibility index (Phi) is 2.97. The van der Waals surface area contributed by atoms with Crippen molar-refractivity contribution in [2.45, 2.75) is 26.2 Å². The van der Waals surface area contributed by atoms with Crippen LogP contribution in [0.25, 0.3) is 11.8 Å². The number of benzene rings is 1. The zero-order valence-corrected chi connectivity index (χ0v) is 13.1. The molecule has 1 heterocycles. The SMILES string of the molecule is C=C(C)C1=C(N2C=Cc3ccccc3C2=C)C=C2CCCC21. The van der Waals surface area contributed by atoms with Crippen LogP contribution in [0.1, 0.15) is 37.3 Å². The monoisotopic (exact) mass is 287 g/mol. The second-order valence-electron chi connectivity index (χ2n) is 6.46. The predicted molar refractivity (Wildman–Crippen MR) is 93.6 cm³/mol. The smallest absolute Gasteiger partial charge is 0.0495 e. The van der Waals surface area contributed by atoms with Crippen molar-refractivity contribution in [1.82, 2.24) is 4.90 Å². The van der Waals surface area contributed by atoms with Crippen LogP contribution in [-0.2, 0) is 0 Å². The Morgan fingerprint density at radius 1 is 1.27 bits per heavy atom. The lowest BCUT2D eigenvalue weighted by molar-refractivity contribution is 0.653. The molecule has 4 rings (SSSR count). The highest BCUT2D eigenvalue weighted by Crippen LogP contribution is 2.48. The fraction of sp³-hybridized carbons (Fsp3) is 0.238. The third kappa shape index (κ3) is 1.85. The Bertz CT molecular complexity index is 773. The van der Waals surface area contributed by atoms with Gasteiger partial charge in [0.25, 0.3) is 0 Å². The van der Waals surface area contributed by atoms with E-state index in [1.54, 1.807) is 5.57 Å². The first-order chi connectivity index (χ1) is 10.7. The van der Waals surface area contributed by atoms with Crippen LogP contribution in [0.15, 0.2) is 72.1 Å². The minimum Gasteiger partial charge on any atom is -0.317 e. The van der Waals surface area contributed by atoms with Gasteiger partial charge in [-0.15, -0.1) is 0 Å². The van der Waals surface area contributed by atoms with Crippen molar-refractivity contribution in [3.63, 3.8) is 0 Å². The second kappa shape index (κ2) is 4.88. The molecule has 1 aromatic carbocycles. The molecule has 22 heavy (non-hydrogen) atoms. The Morgan fingerprint density at radius 3 is 2.91 bits per heavy atom. The van der Waals surface area contributed by atoms with Gasteiger partial charge in [-0.2, -0.15) is 0 Å². The van der Waals surface area contributed by atoms with E-state index >= 15 is 0 Å². The number of nitrogens with zero attached hydrogens (tertiary/aromatic N) is 1. The summed E-state index contributed by atoms with van der Waals surface area (Å²) in [5, 5.41) is 0. The predicted octanol–water partition coefficient (Wildman–Crippen LogP) is 5.51. The summed E-state index contributed by atoms with van der Waals surface area (Å²) in [6, 6.07) is 8.45. The van der Waals surface area contributed by atoms with E-state index < -0.39 is 0 Å². The van der Waals surface area contributed by atoms with Gasteiger partial charge in [-0.25, -0.2) is 0 Å². The average molecular weight is 287 g/mol. The van der Waals surface area contributed by atoms with Crippen molar-refractivity contribution >= 4 is 11.8 Å². The summed E-state index contributed by atoms with van der Waals surface area (Å²) in [4.78, 5) is 2.25. The number of fused-ring (bicyclic) bond motifs is 2. The maximum atomic E-state index is 4.35. The Hall–Kier alpha value is -2.28. The molecular formula is C21H21N. The molecule has 2 aliphatic carbocycles. The van der Waals surface area contributed by atoms with Crippen molar-refractivity contribution in [3.8, 4) is 0 Å². The molecule has 1 heteroatoms. The molecule has 0 spiro atoms. The Morgan fingerprint density at radius 2 is 2.09 bits per heavy atom. The van der Waals surface area contributed by atoms with E-state index in [2.05, 4.69) is 67.6 Å². The summed E-state index contributed by atoms with van der Waals surface area (Å²) in [5.74, 6) is 0.589. The average Bonchev–Trinajstić information content (AvgIpc) is 3.08. The molecule has 110 valence electrons. The molecule has 3 aliphatic rings. The van der Waals surface area contributed by atoms with Gasteiger partial charge in [-0.1, -0.05) is 48.6 Å². The largest absolute Gasteiger partial charge is 0.317 e. The maximum absolute atomic E-state index is 4.35. The molecule has 1 atom stereocenters. The van der Waals surface area contributed by atoms with Crippen LogP contribution in [0, 0.1) is 5.92 Å². The van der Waals surface area contributed by atoms with Crippen molar-refractivity contribution < 1.29 is 0 Å². The van der Waals surface area contributed by atoms with Crippen molar-refractivity contribution in [1.29, 1.82) is 0 Å². The Labute approximate surface area is 132 Å². The molecule has 0 bridgehead atoms. The lowest BCUT2D eigenvalue weighted by Crippen LogP contribution is -2.18. The molecule has 0 aromatic heterocycles. The van der Waals surface area contributed by atoms with Crippen LogP contribution in [0.5, 0.6) is 0 Å². The lowest BCUT2D eigenvalue weighted by Gasteiger charge is -2.30. The van der Waals surface area contributed by atoms with Crippen LogP contribution in [-0.4, -0.2) is 4.90 Å². The highest BCUT2D eigenvalue weighted by molar-refractivity contribution is 5.78. The molecule has 1 fully saturated rings. The molecule has 0 amide bonds. The van der Waals surface area contributed by atoms with Crippen LogP contribution >= 0.6 is 0 Å². The van der Waals surface area contributed by atoms with Gasteiger partial charge in [0.15, 0.2) is 0 Å². The first-order valence-corrected chi connectivity index (χ1v) is 8.03. The summed E-state index contributed by atoms with van der Waals surface area (Å²) in [5.41, 5.74) is 8.98. The van der Waals surface area contributed by atoms with Gasteiger partial charge in [0.1, 0.15) is 0 Å². The number of hydrogen-bond acceptors (Lipinski definition) is 1. The van der Waals surface area contributed by atoms with Gasteiger partial charge in [0, 0.05) is 29.1 Å². The van der Waals surface area contributed by atoms with Crippen LogP contribution in [0.2, 0.25) is 0 Å². The Balaban J connectivity index is 1.81.